The number of halogens is 1. The second-order valence-corrected chi connectivity index (χ2v) is 8.04. The van der Waals surface area contributed by atoms with Gasteiger partial charge in [-0.1, -0.05) is 58.4 Å². The van der Waals surface area contributed by atoms with Crippen LogP contribution in [0.1, 0.15) is 6.92 Å². The molecule has 1 aromatic heterocycles. The third-order valence-corrected chi connectivity index (χ3v) is 5.58. The number of amides is 1. The average Bonchev–Trinajstić information content (AvgIpc) is 3.17. The van der Waals surface area contributed by atoms with E-state index in [9.17, 15) is 4.79 Å². The topological polar surface area (TPSA) is 51.2 Å². The van der Waals surface area contributed by atoms with E-state index in [2.05, 4.69) is 44.4 Å². The van der Waals surface area contributed by atoms with E-state index in [4.69, 9.17) is 4.74 Å². The first-order valence-electron chi connectivity index (χ1n) is 8.77. The minimum absolute atomic E-state index is 0.235. The molecule has 1 atom stereocenters. The van der Waals surface area contributed by atoms with Gasteiger partial charge in [-0.3, -0.25) is 10.1 Å². The molecule has 6 heteroatoms. The van der Waals surface area contributed by atoms with Crippen LogP contribution in [-0.4, -0.2) is 17.0 Å². The number of nitrogens with one attached hydrogen (secondary N) is 1. The van der Waals surface area contributed by atoms with Crippen molar-refractivity contribution in [3.63, 3.8) is 0 Å². The predicted molar refractivity (Wildman–Crippen MR) is 118 cm³/mol. The zero-order chi connectivity index (χ0) is 19.5. The predicted octanol–water partition coefficient (Wildman–Crippen LogP) is 6.13. The fraction of sp³-hybridized carbons (Fsp3) is 0.0909. The number of benzene rings is 3. The highest BCUT2D eigenvalue weighted by Crippen LogP contribution is 2.31. The summed E-state index contributed by atoms with van der Waals surface area (Å²) in [5.41, 5.74) is 1.90. The van der Waals surface area contributed by atoms with Gasteiger partial charge in [-0.05, 0) is 42.0 Å². The number of aromatic nitrogens is 1. The van der Waals surface area contributed by atoms with Gasteiger partial charge in [-0.15, -0.1) is 11.3 Å². The first-order chi connectivity index (χ1) is 13.6. The van der Waals surface area contributed by atoms with Crippen molar-refractivity contribution in [2.24, 2.45) is 0 Å². The molecule has 0 radical (unpaired) electrons. The lowest BCUT2D eigenvalue weighted by Gasteiger charge is -2.13. The highest BCUT2D eigenvalue weighted by atomic mass is 79.9. The molecule has 0 aliphatic carbocycles. The molecule has 4 rings (SSSR count). The molecule has 0 fully saturated rings. The third kappa shape index (κ3) is 4.08. The number of anilines is 1. The zero-order valence-corrected chi connectivity index (χ0v) is 17.5. The maximum Gasteiger partial charge on any atom is 0.266 e. The minimum Gasteiger partial charge on any atom is -0.481 e. The lowest BCUT2D eigenvalue weighted by molar-refractivity contribution is -0.122. The van der Waals surface area contributed by atoms with Crippen molar-refractivity contribution in [1.29, 1.82) is 0 Å². The Kier molecular flexibility index (Phi) is 5.41. The quantitative estimate of drug-likeness (QED) is 0.396. The Morgan fingerprint density at radius 3 is 2.64 bits per heavy atom. The Morgan fingerprint density at radius 2 is 1.82 bits per heavy atom. The van der Waals surface area contributed by atoms with E-state index < -0.39 is 6.10 Å². The van der Waals surface area contributed by atoms with Crippen LogP contribution in [0.3, 0.4) is 0 Å². The Bertz CT molecular complexity index is 1120. The number of hydrogen-bond acceptors (Lipinski definition) is 4. The van der Waals surface area contributed by atoms with Crippen LogP contribution in [-0.2, 0) is 4.79 Å². The molecular weight excluding hydrogens is 436 g/mol. The van der Waals surface area contributed by atoms with Gasteiger partial charge in [-0.2, -0.15) is 0 Å². The summed E-state index contributed by atoms with van der Waals surface area (Å²) in [5, 5.41) is 7.66. The number of thiazole rings is 1. The van der Waals surface area contributed by atoms with Crippen molar-refractivity contribution in [1.82, 2.24) is 4.98 Å². The lowest BCUT2D eigenvalue weighted by atomic mass is 10.0. The van der Waals surface area contributed by atoms with E-state index in [0.29, 0.717) is 10.9 Å². The monoisotopic (exact) mass is 452 g/mol. The molecule has 1 heterocycles. The molecule has 0 aliphatic rings. The van der Waals surface area contributed by atoms with Crippen molar-refractivity contribution in [3.8, 4) is 17.0 Å². The largest absolute Gasteiger partial charge is 0.481 e. The van der Waals surface area contributed by atoms with Crippen molar-refractivity contribution in [2.75, 3.05) is 5.32 Å². The molecule has 140 valence electrons. The molecule has 1 amide bonds. The normalized spacial score (nSPS) is 11.9. The van der Waals surface area contributed by atoms with Crippen molar-refractivity contribution >= 4 is 49.1 Å². The van der Waals surface area contributed by atoms with Crippen molar-refractivity contribution in [2.45, 2.75) is 13.0 Å². The maximum atomic E-state index is 12.5. The van der Waals surface area contributed by atoms with Crippen LogP contribution in [0.25, 0.3) is 22.0 Å². The average molecular weight is 453 g/mol. The number of fused-ring (bicyclic) bond motifs is 1. The second-order valence-electron chi connectivity index (χ2n) is 6.27. The van der Waals surface area contributed by atoms with E-state index in [0.717, 1.165) is 26.5 Å². The molecular formula is C22H17BrN2O2S. The molecule has 0 saturated heterocycles. The van der Waals surface area contributed by atoms with E-state index >= 15 is 0 Å². The first-order valence-corrected chi connectivity index (χ1v) is 10.4. The summed E-state index contributed by atoms with van der Waals surface area (Å²) in [6.45, 7) is 1.72. The van der Waals surface area contributed by atoms with Gasteiger partial charge in [0, 0.05) is 15.4 Å². The van der Waals surface area contributed by atoms with E-state index in [1.165, 1.54) is 11.3 Å². The Hall–Kier alpha value is -2.70. The molecule has 28 heavy (non-hydrogen) atoms. The number of rotatable bonds is 5. The standard InChI is InChI=1S/C22H17BrN2O2S/c1-14(27-17-11-9-16(23)10-12-17)21(26)25-22-24-20(13-28-22)19-8-4-6-15-5-2-3-7-18(15)19/h2-14H,1H3,(H,24,25,26)/t14-/m1/s1. The van der Waals surface area contributed by atoms with Gasteiger partial charge in [0.05, 0.1) is 5.69 Å². The van der Waals surface area contributed by atoms with Crippen LogP contribution in [0.4, 0.5) is 5.13 Å². The summed E-state index contributed by atoms with van der Waals surface area (Å²) < 4.78 is 6.66. The van der Waals surface area contributed by atoms with Crippen LogP contribution < -0.4 is 10.1 Å². The van der Waals surface area contributed by atoms with E-state index in [1.807, 2.05) is 53.9 Å². The van der Waals surface area contributed by atoms with Gasteiger partial charge in [0.1, 0.15) is 5.75 Å². The van der Waals surface area contributed by atoms with Gasteiger partial charge in [0.15, 0.2) is 11.2 Å². The summed E-state index contributed by atoms with van der Waals surface area (Å²) in [6, 6.07) is 21.7. The van der Waals surface area contributed by atoms with Gasteiger partial charge in [-0.25, -0.2) is 4.98 Å². The van der Waals surface area contributed by atoms with Crippen molar-refractivity contribution < 1.29 is 9.53 Å². The second kappa shape index (κ2) is 8.12. The van der Waals surface area contributed by atoms with Crippen LogP contribution in [0, 0.1) is 0 Å². The summed E-state index contributed by atoms with van der Waals surface area (Å²) in [5.74, 6) is 0.406. The summed E-state index contributed by atoms with van der Waals surface area (Å²) in [7, 11) is 0. The molecule has 0 aliphatic heterocycles. The van der Waals surface area contributed by atoms with E-state index in [-0.39, 0.29) is 5.91 Å². The molecule has 0 spiro atoms. The fourth-order valence-electron chi connectivity index (χ4n) is 2.88. The van der Waals surface area contributed by atoms with Crippen LogP contribution in [0.2, 0.25) is 0 Å². The Morgan fingerprint density at radius 1 is 1.07 bits per heavy atom. The number of carbonyl (C=O) groups excluding carboxylic acids is 1. The van der Waals surface area contributed by atoms with Crippen LogP contribution in [0.5, 0.6) is 5.75 Å². The SMILES string of the molecule is C[C@@H](Oc1ccc(Br)cc1)C(=O)Nc1nc(-c2cccc3ccccc23)cs1. The Balaban J connectivity index is 1.48. The summed E-state index contributed by atoms with van der Waals surface area (Å²) in [4.78, 5) is 17.1. The minimum atomic E-state index is -0.633. The number of nitrogens with zero attached hydrogens (tertiary/aromatic N) is 1. The van der Waals surface area contributed by atoms with E-state index in [1.54, 1.807) is 6.92 Å². The number of carbonyl (C=O) groups is 1. The summed E-state index contributed by atoms with van der Waals surface area (Å²) in [6.07, 6.45) is -0.633. The molecule has 0 saturated carbocycles. The van der Waals surface area contributed by atoms with Crippen LogP contribution in [0.15, 0.2) is 76.6 Å². The maximum absolute atomic E-state index is 12.5. The fourth-order valence-corrected chi connectivity index (χ4v) is 3.86. The highest BCUT2D eigenvalue weighted by molar-refractivity contribution is 9.10. The smallest absolute Gasteiger partial charge is 0.266 e. The summed E-state index contributed by atoms with van der Waals surface area (Å²) >= 11 is 4.78. The van der Waals surface area contributed by atoms with Crippen LogP contribution >= 0.6 is 27.3 Å². The number of ether oxygens (including phenoxy) is 1. The highest BCUT2D eigenvalue weighted by Gasteiger charge is 2.17. The van der Waals surface area contributed by atoms with Gasteiger partial charge in [0.2, 0.25) is 0 Å². The molecule has 3 aromatic carbocycles. The number of hydrogen-bond donors (Lipinski definition) is 1. The van der Waals surface area contributed by atoms with Gasteiger partial charge < -0.3 is 4.74 Å². The van der Waals surface area contributed by atoms with Gasteiger partial charge >= 0.3 is 0 Å². The molecule has 0 unspecified atom stereocenters. The lowest BCUT2D eigenvalue weighted by Crippen LogP contribution is -2.30. The zero-order valence-electron chi connectivity index (χ0n) is 15.1. The van der Waals surface area contributed by atoms with Gasteiger partial charge in [0.25, 0.3) is 5.91 Å². The third-order valence-electron chi connectivity index (χ3n) is 4.30. The molecule has 1 N–H and O–H groups in total. The molecule has 4 nitrogen and oxygen atoms in total. The Labute approximate surface area is 175 Å². The first kappa shape index (κ1) is 18.7. The molecule has 0 bridgehead atoms. The molecule has 4 aromatic rings. The van der Waals surface area contributed by atoms with Crippen molar-refractivity contribution in [3.05, 3.63) is 76.6 Å².